The van der Waals surface area contributed by atoms with Crippen molar-refractivity contribution in [3.8, 4) is 0 Å². The molecule has 16 nitrogen and oxygen atoms in total. The van der Waals surface area contributed by atoms with Crippen molar-refractivity contribution in [2.24, 2.45) is 0 Å². The minimum Gasteiger partial charge on any atom is -0.383 e. The number of rotatable bonds is 5. The highest BCUT2D eigenvalue weighted by Crippen LogP contribution is 2.36. The van der Waals surface area contributed by atoms with Crippen molar-refractivity contribution in [3.63, 3.8) is 0 Å². The third-order valence-corrected chi connectivity index (χ3v) is 10.1. The molecule has 0 bridgehead atoms. The van der Waals surface area contributed by atoms with E-state index in [4.69, 9.17) is 51.9 Å². The first-order chi connectivity index (χ1) is 25.8. The molecule has 2 unspecified atom stereocenters. The van der Waals surface area contributed by atoms with Crippen LogP contribution in [0.2, 0.25) is 10.6 Å². The van der Waals surface area contributed by atoms with E-state index in [1.54, 1.807) is 20.2 Å². The number of morpholine rings is 2. The van der Waals surface area contributed by atoms with Crippen LogP contribution in [0.25, 0.3) is 22.3 Å². The van der Waals surface area contributed by atoms with Crippen molar-refractivity contribution in [2.75, 3.05) is 88.8 Å². The fraction of sp³-hybridized carbons (Fsp3) is 0.714. The Bertz CT molecular complexity index is 1780. The van der Waals surface area contributed by atoms with Crippen LogP contribution in [0.1, 0.15) is 83.5 Å². The van der Waals surface area contributed by atoms with Crippen LogP contribution >= 0.6 is 23.2 Å². The van der Waals surface area contributed by atoms with Gasteiger partial charge in [-0.1, -0.05) is 0 Å². The number of hydrogen-bond donors (Lipinski definition) is 1. The zero-order chi connectivity index (χ0) is 36.8. The summed E-state index contributed by atoms with van der Waals surface area (Å²) >= 11 is 12.4. The second-order valence-electron chi connectivity index (χ2n) is 14.2. The summed E-state index contributed by atoms with van der Waals surface area (Å²) in [7, 11) is 0. The maximum Gasteiger partial charge on any atom is 0.226 e. The molecule has 9 rings (SSSR count). The Morgan fingerprint density at radius 2 is 1.13 bits per heavy atom. The lowest BCUT2D eigenvalue weighted by Gasteiger charge is -2.29. The minimum absolute atomic E-state index is 0.0118. The number of fused-ring (bicyclic) bond motifs is 2. The van der Waals surface area contributed by atoms with Gasteiger partial charge in [0.25, 0.3) is 0 Å². The van der Waals surface area contributed by atoms with Gasteiger partial charge in [-0.25, -0.2) is 9.97 Å². The first-order valence-electron chi connectivity index (χ1n) is 18.8. The standard InChI is InChI=1S/C17H24ClN5O3.C14H18ClN5O2.C4H8O/c1-17(2,24)15-19-12-13(22-6-9-25-10-7-22)20-16(18)21-14(12)23(15)11-5-3-4-8-26-11;15-14-17-12(19-4-7-21-8-5-19)11-13(18-14)20(9-16-11)10-3-1-2-6-22-10;1-2-4-5-3-1/h11,24H,3-10H2,1-2H3;9-10H,1-8H2;1-4H2. The summed E-state index contributed by atoms with van der Waals surface area (Å²) in [6.07, 6.45) is 10.3. The summed E-state index contributed by atoms with van der Waals surface area (Å²) in [6, 6.07) is 0. The largest absolute Gasteiger partial charge is 0.383 e. The SMILES string of the molecule is C1CCOC1.CC(C)(O)c1nc2c(N3CCOCC3)nc(Cl)nc2n1C1CCCCO1.Clc1nc(N2CCOCC2)c2ncn(C3CCCCO3)c2n1. The molecule has 53 heavy (non-hydrogen) atoms. The molecule has 0 radical (unpaired) electrons. The zero-order valence-electron chi connectivity index (χ0n) is 30.6. The molecule has 0 spiro atoms. The quantitative estimate of drug-likeness (QED) is 0.268. The Kier molecular flexibility index (Phi) is 12.8. The Hall–Kier alpha value is -2.96. The Morgan fingerprint density at radius 3 is 1.64 bits per heavy atom. The highest BCUT2D eigenvalue weighted by atomic mass is 35.5. The summed E-state index contributed by atoms with van der Waals surface area (Å²) < 4.78 is 31.5. The molecule has 1 N–H and O–H groups in total. The van der Waals surface area contributed by atoms with Crippen molar-refractivity contribution in [2.45, 2.75) is 83.3 Å². The molecule has 5 saturated heterocycles. The van der Waals surface area contributed by atoms with Crippen molar-refractivity contribution in [1.82, 2.24) is 39.0 Å². The number of ether oxygens (including phenoxy) is 5. The van der Waals surface area contributed by atoms with Gasteiger partial charge in [0, 0.05) is 52.6 Å². The number of halogens is 2. The molecule has 0 amide bonds. The van der Waals surface area contributed by atoms with Crippen LogP contribution in [0.15, 0.2) is 6.33 Å². The molecule has 5 fully saturated rings. The smallest absolute Gasteiger partial charge is 0.226 e. The van der Waals surface area contributed by atoms with Gasteiger partial charge in [-0.05, 0) is 88.4 Å². The summed E-state index contributed by atoms with van der Waals surface area (Å²) in [5.41, 5.74) is 1.63. The number of hydrogen-bond acceptors (Lipinski definition) is 14. The monoisotopic (exact) mass is 776 g/mol. The molecule has 5 aliphatic heterocycles. The Labute approximate surface area is 319 Å². The Balaban J connectivity index is 0.000000146. The molecular formula is C35H50Cl2N10O6. The second kappa shape index (κ2) is 17.7. The first kappa shape index (κ1) is 38.3. The van der Waals surface area contributed by atoms with Crippen molar-refractivity contribution >= 4 is 57.2 Å². The third kappa shape index (κ3) is 9.13. The normalized spacial score (nSPS) is 22.7. The van der Waals surface area contributed by atoms with Crippen LogP contribution in [0.4, 0.5) is 11.6 Å². The van der Waals surface area contributed by atoms with E-state index in [0.29, 0.717) is 68.9 Å². The van der Waals surface area contributed by atoms with Gasteiger partial charge in [0.2, 0.25) is 10.6 Å². The number of aromatic nitrogens is 8. The molecule has 0 aromatic carbocycles. The zero-order valence-corrected chi connectivity index (χ0v) is 32.1. The van der Waals surface area contributed by atoms with E-state index in [1.165, 1.54) is 12.8 Å². The van der Waals surface area contributed by atoms with E-state index in [0.717, 1.165) is 88.4 Å². The number of imidazole rings is 2. The maximum absolute atomic E-state index is 10.7. The first-order valence-corrected chi connectivity index (χ1v) is 19.6. The van der Waals surface area contributed by atoms with Crippen molar-refractivity contribution in [1.29, 1.82) is 0 Å². The molecule has 4 aromatic heterocycles. The van der Waals surface area contributed by atoms with E-state index in [-0.39, 0.29) is 23.0 Å². The fourth-order valence-corrected chi connectivity index (χ4v) is 7.42. The van der Waals surface area contributed by atoms with Gasteiger partial charge in [0.1, 0.15) is 23.9 Å². The van der Waals surface area contributed by atoms with Crippen LogP contribution in [-0.2, 0) is 29.3 Å². The highest BCUT2D eigenvalue weighted by Gasteiger charge is 2.33. The number of anilines is 2. The molecule has 0 saturated carbocycles. The number of aliphatic hydroxyl groups is 1. The maximum atomic E-state index is 10.7. The van der Waals surface area contributed by atoms with E-state index < -0.39 is 5.60 Å². The Morgan fingerprint density at radius 1 is 0.623 bits per heavy atom. The third-order valence-electron chi connectivity index (χ3n) is 9.78. The molecule has 5 aliphatic rings. The molecule has 0 aliphatic carbocycles. The summed E-state index contributed by atoms with van der Waals surface area (Å²) in [4.78, 5) is 31.2. The lowest BCUT2D eigenvalue weighted by atomic mass is 10.1. The van der Waals surface area contributed by atoms with E-state index in [9.17, 15) is 5.11 Å². The molecule has 2 atom stereocenters. The van der Waals surface area contributed by atoms with Crippen LogP contribution in [0, 0.1) is 0 Å². The van der Waals surface area contributed by atoms with Crippen LogP contribution in [-0.4, -0.2) is 123 Å². The molecule has 18 heteroatoms. The average molecular weight is 778 g/mol. The van der Waals surface area contributed by atoms with Gasteiger partial charge in [0.15, 0.2) is 34.0 Å². The second-order valence-corrected chi connectivity index (χ2v) is 14.8. The summed E-state index contributed by atoms with van der Waals surface area (Å²) in [5, 5.41) is 11.1. The van der Waals surface area contributed by atoms with Crippen molar-refractivity contribution < 1.29 is 28.8 Å². The topological polar surface area (TPSA) is 160 Å². The van der Waals surface area contributed by atoms with Gasteiger partial charge in [-0.2, -0.15) is 19.9 Å². The summed E-state index contributed by atoms with van der Waals surface area (Å²) in [5.74, 6) is 1.99. The van der Waals surface area contributed by atoms with Gasteiger partial charge < -0.3 is 38.6 Å². The van der Waals surface area contributed by atoms with Crippen LogP contribution in [0.5, 0.6) is 0 Å². The van der Waals surface area contributed by atoms with E-state index in [1.807, 2.05) is 9.13 Å². The minimum atomic E-state index is -1.14. The van der Waals surface area contributed by atoms with E-state index >= 15 is 0 Å². The molecule has 4 aromatic rings. The lowest BCUT2D eigenvalue weighted by Crippen LogP contribution is -2.37. The lowest BCUT2D eigenvalue weighted by molar-refractivity contribution is -0.0405. The predicted octanol–water partition coefficient (Wildman–Crippen LogP) is 5.06. The van der Waals surface area contributed by atoms with Gasteiger partial charge in [-0.3, -0.25) is 9.13 Å². The summed E-state index contributed by atoms with van der Waals surface area (Å²) in [6.45, 7) is 12.6. The molecule has 290 valence electrons. The van der Waals surface area contributed by atoms with Crippen LogP contribution in [0.3, 0.4) is 0 Å². The number of nitrogens with zero attached hydrogens (tertiary/aromatic N) is 10. The predicted molar refractivity (Wildman–Crippen MR) is 200 cm³/mol. The van der Waals surface area contributed by atoms with Gasteiger partial charge in [-0.15, -0.1) is 0 Å². The van der Waals surface area contributed by atoms with E-state index in [2.05, 4.69) is 34.7 Å². The van der Waals surface area contributed by atoms with Crippen LogP contribution < -0.4 is 9.80 Å². The van der Waals surface area contributed by atoms with Gasteiger partial charge in [0.05, 0.1) is 32.8 Å². The fourth-order valence-electron chi connectivity index (χ4n) is 7.10. The molecular weight excluding hydrogens is 727 g/mol. The molecule has 9 heterocycles. The van der Waals surface area contributed by atoms with Gasteiger partial charge >= 0.3 is 0 Å². The average Bonchev–Trinajstić information content (AvgIpc) is 3.98. The van der Waals surface area contributed by atoms with Crippen molar-refractivity contribution in [3.05, 3.63) is 22.7 Å². The highest BCUT2D eigenvalue weighted by molar-refractivity contribution is 6.29.